The van der Waals surface area contributed by atoms with Crippen LogP contribution in [0.25, 0.3) is 0 Å². The van der Waals surface area contributed by atoms with Gasteiger partial charge in [-0.15, -0.1) is 5.10 Å². The smallest absolute Gasteiger partial charge is 0.309 e. The van der Waals surface area contributed by atoms with Crippen LogP contribution in [0.4, 0.5) is 0 Å². The van der Waals surface area contributed by atoms with Crippen LogP contribution >= 0.6 is 0 Å². The van der Waals surface area contributed by atoms with Crippen molar-refractivity contribution in [2.24, 2.45) is 0 Å². The zero-order valence-electron chi connectivity index (χ0n) is 19.9. The summed E-state index contributed by atoms with van der Waals surface area (Å²) >= 11 is 0. The summed E-state index contributed by atoms with van der Waals surface area (Å²) in [4.78, 5) is 10.8. The molecular weight excluding hydrogens is 400 g/mol. The summed E-state index contributed by atoms with van der Waals surface area (Å²) in [6.07, 6.45) is 6.53. The van der Waals surface area contributed by atoms with Crippen LogP contribution in [0.3, 0.4) is 0 Å². The van der Waals surface area contributed by atoms with Gasteiger partial charge in [-0.05, 0) is 74.3 Å². The van der Waals surface area contributed by atoms with E-state index in [1.165, 1.54) is 30.4 Å². The lowest BCUT2D eigenvalue weighted by molar-refractivity contribution is -0.136. The van der Waals surface area contributed by atoms with Gasteiger partial charge in [0.2, 0.25) is 0 Å². The van der Waals surface area contributed by atoms with Crippen LogP contribution in [0.1, 0.15) is 94.8 Å². The minimum absolute atomic E-state index is 0.00740. The number of hydrogen-bond donors (Lipinski definition) is 1. The average Bonchev–Trinajstić information content (AvgIpc) is 2.69. The molecule has 170 valence electrons. The van der Waals surface area contributed by atoms with Crippen molar-refractivity contribution in [3.05, 3.63) is 52.3 Å². The topological polar surface area (TPSA) is 72.3 Å². The Morgan fingerprint density at radius 3 is 2.53 bits per heavy atom. The number of nitrogens with zero attached hydrogens (tertiary/aromatic N) is 2. The Bertz CT molecular complexity index is 1030. The van der Waals surface area contributed by atoms with Gasteiger partial charge in [-0.1, -0.05) is 46.0 Å². The molecule has 1 aromatic heterocycles. The van der Waals surface area contributed by atoms with Gasteiger partial charge in [0.1, 0.15) is 17.0 Å². The van der Waals surface area contributed by atoms with E-state index in [1.54, 1.807) is 12.1 Å². The van der Waals surface area contributed by atoms with E-state index in [-0.39, 0.29) is 17.4 Å². The van der Waals surface area contributed by atoms with E-state index in [1.807, 2.05) is 0 Å². The molecule has 0 aliphatic carbocycles. The molecule has 0 unspecified atom stereocenters. The summed E-state index contributed by atoms with van der Waals surface area (Å²) in [6, 6.07) is 7.78. The molecule has 0 spiro atoms. The lowest BCUT2D eigenvalue weighted by Gasteiger charge is -2.42. The molecule has 0 saturated carbocycles. The minimum atomic E-state index is -0.923. The van der Waals surface area contributed by atoms with Gasteiger partial charge in [0, 0.05) is 11.1 Å². The highest BCUT2D eigenvalue weighted by Crippen LogP contribution is 2.45. The van der Waals surface area contributed by atoms with Crippen LogP contribution in [-0.4, -0.2) is 26.9 Å². The van der Waals surface area contributed by atoms with Gasteiger partial charge < -0.3 is 9.84 Å². The van der Waals surface area contributed by atoms with Crippen LogP contribution < -0.4 is 4.74 Å². The monoisotopic (exact) mass is 434 g/mol. The molecule has 0 atom stereocenters. The van der Waals surface area contributed by atoms with Crippen molar-refractivity contribution in [2.75, 3.05) is 0 Å². The molecular formula is C27H34N2O3. The van der Waals surface area contributed by atoms with E-state index in [4.69, 9.17) is 9.84 Å². The number of hydrogen-bond acceptors (Lipinski definition) is 4. The standard InChI is InChI=1S/C27H34N2O3/c1-6-7-8-9-10-19-16-24-23(26(2,3)18-27(4,5)32-24)15-20(19)11-12-21-13-14-22(29-28-21)17-25(30)31/h13-16H,6-10,17-18H2,1-5H3,(H,30,31). The van der Waals surface area contributed by atoms with Crippen molar-refractivity contribution in [3.8, 4) is 17.6 Å². The van der Waals surface area contributed by atoms with E-state index >= 15 is 0 Å². The zero-order valence-corrected chi connectivity index (χ0v) is 19.9. The Hall–Kier alpha value is -2.87. The number of carboxylic acids is 1. The van der Waals surface area contributed by atoms with Gasteiger partial charge in [-0.3, -0.25) is 4.79 Å². The third kappa shape index (κ3) is 6.09. The fourth-order valence-corrected chi connectivity index (χ4v) is 4.60. The fourth-order valence-electron chi connectivity index (χ4n) is 4.60. The van der Waals surface area contributed by atoms with Crippen molar-refractivity contribution >= 4 is 5.97 Å². The third-order valence-corrected chi connectivity index (χ3v) is 5.87. The Kier molecular flexibility index (Phi) is 7.23. The SMILES string of the molecule is CCCCCCc1cc2c(cc1C#Cc1ccc(CC(=O)O)nn1)C(C)(C)CC(C)(C)O2. The molecule has 2 heterocycles. The van der Waals surface area contributed by atoms with Gasteiger partial charge in [0.15, 0.2) is 0 Å². The molecule has 0 amide bonds. The van der Waals surface area contributed by atoms with E-state index in [0.717, 1.165) is 30.6 Å². The summed E-state index contributed by atoms with van der Waals surface area (Å²) in [6.45, 7) is 11.1. The molecule has 0 fully saturated rings. The van der Waals surface area contributed by atoms with Gasteiger partial charge >= 0.3 is 5.97 Å². The molecule has 1 N–H and O–H groups in total. The van der Waals surface area contributed by atoms with Gasteiger partial charge in [0.25, 0.3) is 0 Å². The normalized spacial score (nSPS) is 15.8. The fraction of sp³-hybridized carbons (Fsp3) is 0.519. The van der Waals surface area contributed by atoms with E-state index < -0.39 is 5.97 Å². The number of rotatable bonds is 7. The number of aromatic nitrogens is 2. The second-order valence-electron chi connectivity index (χ2n) is 9.97. The predicted octanol–water partition coefficient (Wildman–Crippen LogP) is 5.47. The second kappa shape index (κ2) is 9.73. The number of fused-ring (bicyclic) bond motifs is 1. The van der Waals surface area contributed by atoms with Crippen molar-refractivity contribution in [1.29, 1.82) is 0 Å². The van der Waals surface area contributed by atoms with Gasteiger partial charge in [0.05, 0.1) is 12.1 Å². The maximum Gasteiger partial charge on any atom is 0.309 e. The number of aliphatic carboxylic acids is 1. The molecule has 32 heavy (non-hydrogen) atoms. The molecule has 1 aliphatic rings. The Morgan fingerprint density at radius 2 is 1.88 bits per heavy atom. The van der Waals surface area contributed by atoms with Crippen LogP contribution in [-0.2, 0) is 23.1 Å². The first kappa shape index (κ1) is 23.8. The van der Waals surface area contributed by atoms with Gasteiger partial charge in [-0.25, -0.2) is 0 Å². The quantitative estimate of drug-likeness (QED) is 0.462. The maximum absolute atomic E-state index is 10.8. The van der Waals surface area contributed by atoms with Crippen molar-refractivity contribution < 1.29 is 14.6 Å². The van der Waals surface area contributed by atoms with Crippen LogP contribution in [0.2, 0.25) is 0 Å². The Balaban J connectivity index is 1.95. The summed E-state index contributed by atoms with van der Waals surface area (Å²) in [5.41, 5.74) is 4.16. The molecule has 0 bridgehead atoms. The Morgan fingerprint density at radius 1 is 1.09 bits per heavy atom. The average molecular weight is 435 g/mol. The highest BCUT2D eigenvalue weighted by Gasteiger charge is 2.39. The summed E-state index contributed by atoms with van der Waals surface area (Å²) in [7, 11) is 0. The first-order chi connectivity index (χ1) is 15.1. The largest absolute Gasteiger partial charge is 0.488 e. The van der Waals surface area contributed by atoms with Crippen molar-refractivity contribution in [1.82, 2.24) is 10.2 Å². The van der Waals surface area contributed by atoms with Crippen molar-refractivity contribution in [2.45, 2.75) is 90.6 Å². The number of carbonyl (C=O) groups is 1. The summed E-state index contributed by atoms with van der Waals surface area (Å²) in [5, 5.41) is 17.0. The molecule has 3 rings (SSSR count). The first-order valence-electron chi connectivity index (χ1n) is 11.5. The highest BCUT2D eigenvalue weighted by molar-refractivity contribution is 5.69. The highest BCUT2D eigenvalue weighted by atomic mass is 16.5. The predicted molar refractivity (Wildman–Crippen MR) is 126 cm³/mol. The molecule has 5 heteroatoms. The number of benzene rings is 1. The third-order valence-electron chi connectivity index (χ3n) is 5.87. The molecule has 2 aromatic rings. The Labute approximate surface area is 191 Å². The van der Waals surface area contributed by atoms with Crippen molar-refractivity contribution in [3.63, 3.8) is 0 Å². The van der Waals surface area contributed by atoms with E-state index in [0.29, 0.717) is 11.4 Å². The molecule has 0 saturated heterocycles. The summed E-state index contributed by atoms with van der Waals surface area (Å²) < 4.78 is 6.37. The van der Waals surface area contributed by atoms with E-state index in [2.05, 4.69) is 68.8 Å². The lowest BCUT2D eigenvalue weighted by Crippen LogP contribution is -2.41. The van der Waals surface area contributed by atoms with Crippen LogP contribution in [0.15, 0.2) is 24.3 Å². The van der Waals surface area contributed by atoms with E-state index in [9.17, 15) is 4.79 Å². The first-order valence-corrected chi connectivity index (χ1v) is 11.5. The molecule has 0 radical (unpaired) electrons. The second-order valence-corrected chi connectivity index (χ2v) is 9.97. The molecule has 1 aromatic carbocycles. The summed E-state index contributed by atoms with van der Waals surface area (Å²) in [5.74, 6) is 6.49. The van der Waals surface area contributed by atoms with Gasteiger partial charge in [-0.2, -0.15) is 5.10 Å². The lowest BCUT2D eigenvalue weighted by atomic mass is 9.73. The minimum Gasteiger partial charge on any atom is -0.488 e. The number of ether oxygens (including phenoxy) is 1. The molecule has 5 nitrogen and oxygen atoms in total. The molecule has 1 aliphatic heterocycles. The van der Waals surface area contributed by atoms with Crippen LogP contribution in [0, 0.1) is 11.8 Å². The number of carboxylic acid groups (broad SMARTS) is 1. The maximum atomic E-state index is 10.8. The number of unbranched alkanes of at least 4 members (excludes halogenated alkanes) is 3. The van der Waals surface area contributed by atoms with Crippen LogP contribution in [0.5, 0.6) is 5.75 Å². The zero-order chi connectivity index (χ0) is 23.4. The number of aryl methyl sites for hydroxylation is 1.